The number of nitrogens with zero attached hydrogens (tertiary/aromatic N) is 2. The van der Waals surface area contributed by atoms with Gasteiger partial charge in [-0.15, -0.1) is 0 Å². The van der Waals surface area contributed by atoms with Crippen molar-refractivity contribution >= 4 is 38.7 Å². The first kappa shape index (κ1) is 26.0. The van der Waals surface area contributed by atoms with Crippen LogP contribution in [0.25, 0.3) is 0 Å². The molecule has 40 heavy (non-hydrogen) atoms. The summed E-state index contributed by atoms with van der Waals surface area (Å²) in [6.45, 7) is 6.11. The van der Waals surface area contributed by atoms with E-state index in [0.29, 0.717) is 28.7 Å². The van der Waals surface area contributed by atoms with Gasteiger partial charge in [-0.2, -0.15) is 0 Å². The Labute approximate surface area is 237 Å². The van der Waals surface area contributed by atoms with Gasteiger partial charge in [-0.3, -0.25) is 9.52 Å². The molecule has 9 heteroatoms. The molecule has 2 spiro atoms. The second-order valence-electron chi connectivity index (χ2n) is 12.7. The highest BCUT2D eigenvalue weighted by atomic mass is 32.2. The first-order valence-electron chi connectivity index (χ1n) is 15.0. The maximum absolute atomic E-state index is 13.8. The van der Waals surface area contributed by atoms with Crippen LogP contribution in [0.3, 0.4) is 0 Å². The van der Waals surface area contributed by atoms with Crippen LogP contribution in [-0.2, 0) is 16.4 Å². The fourth-order valence-corrected chi connectivity index (χ4v) is 7.52. The van der Waals surface area contributed by atoms with Crippen molar-refractivity contribution in [2.75, 3.05) is 58.4 Å². The van der Waals surface area contributed by atoms with Crippen molar-refractivity contribution in [3.05, 3.63) is 41.5 Å². The van der Waals surface area contributed by atoms with Crippen molar-refractivity contribution in [3.8, 4) is 5.75 Å². The monoisotopic (exact) mass is 564 g/mol. The molecular formula is C31H40N4O4S. The lowest BCUT2D eigenvalue weighted by Gasteiger charge is -2.35. The van der Waals surface area contributed by atoms with Crippen molar-refractivity contribution < 1.29 is 17.9 Å². The number of rotatable bonds is 7. The molecule has 0 bridgehead atoms. The summed E-state index contributed by atoms with van der Waals surface area (Å²) in [6, 6.07) is 9.42. The Bertz CT molecular complexity index is 1430. The second-order valence-corrected chi connectivity index (χ2v) is 14.8. The molecule has 2 aromatic rings. The Hall–Kier alpha value is -2.94. The molecule has 3 heterocycles. The number of sulfonamides is 1. The van der Waals surface area contributed by atoms with Crippen molar-refractivity contribution in [1.29, 1.82) is 0 Å². The summed E-state index contributed by atoms with van der Waals surface area (Å²) >= 11 is 0. The Morgan fingerprint density at radius 3 is 2.05 bits per heavy atom. The maximum atomic E-state index is 13.8. The molecule has 0 aromatic heterocycles. The van der Waals surface area contributed by atoms with Crippen LogP contribution in [0.5, 0.6) is 5.75 Å². The number of fused-ring (bicyclic) bond motifs is 1. The topological polar surface area (TPSA) is 91.0 Å². The zero-order chi connectivity index (χ0) is 27.5. The van der Waals surface area contributed by atoms with E-state index in [1.165, 1.54) is 38.5 Å². The SMILES string of the molecule is CCS(=O)(=O)Nc1ccc(C(=O)Nc2cc3c(c(N4CCC5(CC4)CC5)c2)OCC3)c(N2CCC3(CC2)CC3)c1. The molecule has 2 aliphatic carbocycles. The molecule has 2 saturated heterocycles. The Balaban J connectivity index is 1.16. The number of piperidine rings is 2. The van der Waals surface area contributed by atoms with E-state index in [-0.39, 0.29) is 11.7 Å². The summed E-state index contributed by atoms with van der Waals surface area (Å²) in [5, 5.41) is 3.20. The van der Waals surface area contributed by atoms with Crippen molar-refractivity contribution in [2.24, 2.45) is 10.8 Å². The average molecular weight is 565 g/mol. The Morgan fingerprint density at radius 1 is 0.850 bits per heavy atom. The number of anilines is 4. The van der Waals surface area contributed by atoms with E-state index in [0.717, 1.165) is 73.8 Å². The molecule has 1 amide bonds. The molecule has 0 radical (unpaired) electrons. The molecule has 7 rings (SSSR count). The third-order valence-corrected chi connectivity index (χ3v) is 11.5. The second kappa shape index (κ2) is 9.57. The van der Waals surface area contributed by atoms with Gasteiger partial charge in [-0.1, -0.05) is 0 Å². The maximum Gasteiger partial charge on any atom is 0.257 e. The van der Waals surface area contributed by atoms with Crippen molar-refractivity contribution in [2.45, 2.75) is 64.7 Å². The minimum atomic E-state index is -3.42. The molecule has 2 saturated carbocycles. The molecule has 214 valence electrons. The molecule has 2 aromatic carbocycles. The lowest BCUT2D eigenvalue weighted by atomic mass is 9.93. The quantitative estimate of drug-likeness (QED) is 0.468. The Kier molecular flexibility index (Phi) is 6.22. The number of benzene rings is 2. The molecular weight excluding hydrogens is 524 g/mol. The van der Waals surface area contributed by atoms with Gasteiger partial charge in [0.2, 0.25) is 10.0 Å². The van der Waals surface area contributed by atoms with Gasteiger partial charge >= 0.3 is 0 Å². The van der Waals surface area contributed by atoms with Crippen LogP contribution in [0.1, 0.15) is 74.2 Å². The zero-order valence-electron chi connectivity index (χ0n) is 23.4. The highest BCUT2D eigenvalue weighted by Gasteiger charge is 2.45. The van der Waals surface area contributed by atoms with E-state index < -0.39 is 10.0 Å². The summed E-state index contributed by atoms with van der Waals surface area (Å²) in [5.41, 5.74) is 5.97. The van der Waals surface area contributed by atoms with E-state index in [1.807, 2.05) is 6.07 Å². The molecule has 0 unspecified atom stereocenters. The van der Waals surface area contributed by atoms with Crippen LogP contribution in [-0.4, -0.2) is 52.9 Å². The van der Waals surface area contributed by atoms with Gasteiger partial charge in [0, 0.05) is 43.9 Å². The summed E-state index contributed by atoms with van der Waals surface area (Å²) in [7, 11) is -3.42. The molecule has 8 nitrogen and oxygen atoms in total. The van der Waals surface area contributed by atoms with Gasteiger partial charge in [0.25, 0.3) is 5.91 Å². The predicted molar refractivity (Wildman–Crippen MR) is 159 cm³/mol. The standard InChI is InChI=1S/C31H40N4O4S/c1-2-40(37,38)33-23-3-4-25(26(20-23)34-14-10-30(6-7-30)11-15-34)29(36)32-24-19-22-5-18-39-28(22)27(21-24)35-16-12-31(8-9-31)13-17-35/h3-4,19-21,33H,2,5-18H2,1H3,(H,32,36). The summed E-state index contributed by atoms with van der Waals surface area (Å²) in [5.74, 6) is 0.798. The zero-order valence-corrected chi connectivity index (χ0v) is 24.2. The number of nitrogens with one attached hydrogen (secondary N) is 2. The van der Waals surface area contributed by atoms with E-state index in [2.05, 4.69) is 32.0 Å². The third kappa shape index (κ3) is 5.01. The van der Waals surface area contributed by atoms with Gasteiger partial charge in [-0.05, 0) is 99.5 Å². The number of carbonyl (C=O) groups excluding carboxylic acids is 1. The largest absolute Gasteiger partial charge is 0.491 e. The predicted octanol–water partition coefficient (Wildman–Crippen LogP) is 5.40. The fourth-order valence-electron chi connectivity index (χ4n) is 6.89. The van der Waals surface area contributed by atoms with Crippen LogP contribution in [0, 0.1) is 10.8 Å². The van der Waals surface area contributed by atoms with Crippen molar-refractivity contribution in [3.63, 3.8) is 0 Å². The highest BCUT2D eigenvalue weighted by molar-refractivity contribution is 7.92. The molecule has 5 aliphatic rings. The average Bonchev–Trinajstić information content (AvgIpc) is 3.85. The van der Waals surface area contributed by atoms with Crippen LogP contribution in [0.4, 0.5) is 22.7 Å². The first-order valence-corrected chi connectivity index (χ1v) is 16.7. The molecule has 4 fully saturated rings. The molecule has 0 atom stereocenters. The van der Waals surface area contributed by atoms with E-state index >= 15 is 0 Å². The van der Waals surface area contributed by atoms with Crippen LogP contribution >= 0.6 is 0 Å². The molecule has 3 aliphatic heterocycles. The number of carbonyl (C=O) groups is 1. The minimum Gasteiger partial charge on any atom is -0.491 e. The lowest BCUT2D eigenvalue weighted by Crippen LogP contribution is -2.36. The smallest absolute Gasteiger partial charge is 0.257 e. The first-order chi connectivity index (χ1) is 19.3. The third-order valence-electron chi connectivity index (χ3n) is 10.2. The van der Waals surface area contributed by atoms with E-state index in [1.54, 1.807) is 19.1 Å². The summed E-state index contributed by atoms with van der Waals surface area (Å²) in [6.07, 6.45) is 10.9. The van der Waals surface area contributed by atoms with Gasteiger partial charge in [-0.25, -0.2) is 8.42 Å². The minimum absolute atomic E-state index is 0.000810. The number of hydrogen-bond acceptors (Lipinski definition) is 6. The number of amides is 1. The highest BCUT2D eigenvalue weighted by Crippen LogP contribution is 2.55. The van der Waals surface area contributed by atoms with E-state index in [4.69, 9.17) is 4.74 Å². The van der Waals surface area contributed by atoms with Crippen LogP contribution in [0.2, 0.25) is 0 Å². The van der Waals surface area contributed by atoms with Crippen molar-refractivity contribution in [1.82, 2.24) is 0 Å². The summed E-state index contributed by atoms with van der Waals surface area (Å²) < 4.78 is 33.3. The van der Waals surface area contributed by atoms with Crippen LogP contribution in [0.15, 0.2) is 30.3 Å². The summed E-state index contributed by atoms with van der Waals surface area (Å²) in [4.78, 5) is 18.5. The van der Waals surface area contributed by atoms with Gasteiger partial charge < -0.3 is 19.9 Å². The molecule has 2 N–H and O–H groups in total. The Morgan fingerprint density at radius 2 is 1.45 bits per heavy atom. The lowest BCUT2D eigenvalue weighted by molar-refractivity contribution is 0.102. The normalized spacial score (nSPS) is 22.1. The van der Waals surface area contributed by atoms with Gasteiger partial charge in [0.1, 0.15) is 5.75 Å². The van der Waals surface area contributed by atoms with E-state index in [9.17, 15) is 13.2 Å². The fraction of sp³-hybridized carbons (Fsp3) is 0.581. The van der Waals surface area contributed by atoms with Crippen LogP contribution < -0.4 is 24.6 Å². The van der Waals surface area contributed by atoms with Gasteiger partial charge in [0.05, 0.1) is 35.0 Å². The van der Waals surface area contributed by atoms with Gasteiger partial charge in [0.15, 0.2) is 0 Å². The number of hydrogen-bond donors (Lipinski definition) is 2. The number of ether oxygens (including phenoxy) is 1.